The van der Waals surface area contributed by atoms with Gasteiger partial charge in [-0.3, -0.25) is 14.5 Å². The van der Waals surface area contributed by atoms with Crippen LogP contribution < -0.4 is 11.1 Å². The number of hydrogen-bond acceptors (Lipinski definition) is 6. The van der Waals surface area contributed by atoms with Crippen LogP contribution in [0.25, 0.3) is 22.0 Å². The fourth-order valence-corrected chi connectivity index (χ4v) is 4.69. The molecule has 0 atom stereocenters. The molecule has 33 heavy (non-hydrogen) atoms. The number of pyridine rings is 1. The van der Waals surface area contributed by atoms with Gasteiger partial charge in [-0.15, -0.1) is 5.10 Å². The summed E-state index contributed by atoms with van der Waals surface area (Å²) >= 11 is 0. The van der Waals surface area contributed by atoms with Crippen molar-refractivity contribution in [2.45, 2.75) is 57.7 Å². The predicted octanol–water partition coefficient (Wildman–Crippen LogP) is 3.97. The molecule has 1 amide bonds. The Kier molecular flexibility index (Phi) is 5.53. The fourth-order valence-electron chi connectivity index (χ4n) is 4.69. The Morgan fingerprint density at radius 2 is 1.85 bits per heavy atom. The number of aromatic nitrogens is 6. The van der Waals surface area contributed by atoms with Crippen molar-refractivity contribution in [1.29, 1.82) is 0 Å². The zero-order chi connectivity index (χ0) is 22.9. The lowest BCUT2D eigenvalue weighted by atomic mass is 9.91. The summed E-state index contributed by atoms with van der Waals surface area (Å²) in [6.07, 6.45) is 13.5. The number of fused-ring (bicyclic) bond motifs is 1. The van der Waals surface area contributed by atoms with E-state index in [2.05, 4.69) is 42.7 Å². The minimum absolute atomic E-state index is 0.146. The Bertz CT molecular complexity index is 1270. The van der Waals surface area contributed by atoms with Crippen LogP contribution in [-0.4, -0.2) is 41.7 Å². The number of nitrogens with zero attached hydrogens (tertiary/aromatic N) is 6. The van der Waals surface area contributed by atoms with Crippen molar-refractivity contribution in [3.05, 3.63) is 54.7 Å². The van der Waals surface area contributed by atoms with Gasteiger partial charge in [0.25, 0.3) is 5.91 Å². The number of carbonyl (C=O) groups excluding carboxylic acids is 1. The van der Waals surface area contributed by atoms with E-state index in [0.29, 0.717) is 17.6 Å². The average molecular weight is 445 g/mol. The fraction of sp³-hybridized carbons (Fsp3) is 0.375. The van der Waals surface area contributed by atoms with Crippen molar-refractivity contribution in [1.82, 2.24) is 29.8 Å². The highest BCUT2D eigenvalue weighted by molar-refractivity contribution is 6.07. The molecule has 4 aromatic rings. The number of anilines is 1. The summed E-state index contributed by atoms with van der Waals surface area (Å²) in [6.45, 7) is 4.06. The second kappa shape index (κ2) is 8.65. The maximum absolute atomic E-state index is 12.0. The Hall–Kier alpha value is -3.75. The molecule has 0 aliphatic heterocycles. The molecule has 170 valence electrons. The number of primary amides is 1. The molecule has 9 heteroatoms. The first-order valence-electron chi connectivity index (χ1n) is 11.4. The zero-order valence-electron chi connectivity index (χ0n) is 18.8. The molecule has 9 nitrogen and oxygen atoms in total. The number of nitrogens with two attached hydrogens (primary N) is 1. The summed E-state index contributed by atoms with van der Waals surface area (Å²) in [6, 6.07) is 7.01. The lowest BCUT2D eigenvalue weighted by molar-refractivity contribution is 0.100. The van der Waals surface area contributed by atoms with Crippen LogP contribution in [-0.2, 0) is 0 Å². The first-order chi connectivity index (χ1) is 16.0. The molecule has 3 heterocycles. The van der Waals surface area contributed by atoms with Gasteiger partial charge in [0.15, 0.2) is 0 Å². The van der Waals surface area contributed by atoms with E-state index < -0.39 is 5.91 Å². The second-order valence-corrected chi connectivity index (χ2v) is 9.00. The molecule has 0 saturated heterocycles. The summed E-state index contributed by atoms with van der Waals surface area (Å²) in [5, 5.41) is 17.0. The molecule has 1 fully saturated rings. The summed E-state index contributed by atoms with van der Waals surface area (Å²) < 4.78 is 4.05. The summed E-state index contributed by atoms with van der Waals surface area (Å²) in [5.74, 6) is -0.493. The molecule has 1 saturated carbocycles. The standard InChI is InChI=1S/C24H28N8O/c1-15(2)29-23-20-11-16(3-8-22(20)26-13-21(23)24(25)33)17-12-28-32(14-17)19-6-4-18(5-7-19)31-10-9-27-30-31/h3,8-15,18-19H,4-7H2,1-2H3,(H2,25,33)(H,26,29). The number of benzene rings is 1. The maximum atomic E-state index is 12.0. The molecular formula is C24H28N8O. The first kappa shape index (κ1) is 21.1. The Morgan fingerprint density at radius 3 is 2.52 bits per heavy atom. The molecule has 0 spiro atoms. The van der Waals surface area contributed by atoms with Crippen LogP contribution in [0.4, 0.5) is 5.69 Å². The van der Waals surface area contributed by atoms with E-state index in [9.17, 15) is 4.79 Å². The van der Waals surface area contributed by atoms with Crippen molar-refractivity contribution in [2.75, 3.05) is 5.32 Å². The number of amides is 1. The van der Waals surface area contributed by atoms with E-state index in [4.69, 9.17) is 5.73 Å². The summed E-state index contributed by atoms with van der Waals surface area (Å²) in [5.41, 5.74) is 9.61. The summed E-state index contributed by atoms with van der Waals surface area (Å²) in [4.78, 5) is 16.4. The number of nitrogens with one attached hydrogen (secondary N) is 1. The zero-order valence-corrected chi connectivity index (χ0v) is 18.8. The SMILES string of the molecule is CC(C)Nc1c(C(N)=O)cnc2ccc(-c3cnn(C4CCC(n5ccnn5)CC4)c3)cc12. The highest BCUT2D eigenvalue weighted by atomic mass is 16.1. The monoisotopic (exact) mass is 444 g/mol. The van der Waals surface area contributed by atoms with Crippen molar-refractivity contribution >= 4 is 22.5 Å². The van der Waals surface area contributed by atoms with Crippen molar-refractivity contribution in [3.63, 3.8) is 0 Å². The largest absolute Gasteiger partial charge is 0.382 e. The van der Waals surface area contributed by atoms with Crippen LogP contribution >= 0.6 is 0 Å². The molecule has 5 rings (SSSR count). The molecule has 3 N–H and O–H groups in total. The molecule has 0 bridgehead atoms. The molecule has 1 aromatic carbocycles. The smallest absolute Gasteiger partial charge is 0.252 e. The van der Waals surface area contributed by atoms with Gasteiger partial charge in [0.1, 0.15) is 0 Å². The first-order valence-corrected chi connectivity index (χ1v) is 11.4. The highest BCUT2D eigenvalue weighted by Crippen LogP contribution is 2.36. The van der Waals surface area contributed by atoms with Gasteiger partial charge in [0.2, 0.25) is 0 Å². The van der Waals surface area contributed by atoms with Gasteiger partial charge < -0.3 is 11.1 Å². The lowest BCUT2D eigenvalue weighted by Crippen LogP contribution is -2.21. The third kappa shape index (κ3) is 4.18. The molecular weight excluding hydrogens is 416 g/mol. The van der Waals surface area contributed by atoms with Gasteiger partial charge in [0, 0.05) is 35.6 Å². The van der Waals surface area contributed by atoms with Gasteiger partial charge in [-0.05, 0) is 57.2 Å². The van der Waals surface area contributed by atoms with E-state index in [-0.39, 0.29) is 6.04 Å². The molecule has 0 radical (unpaired) electrons. The van der Waals surface area contributed by atoms with Crippen LogP contribution in [0.3, 0.4) is 0 Å². The Labute approximate surface area is 192 Å². The second-order valence-electron chi connectivity index (χ2n) is 9.00. The third-order valence-corrected chi connectivity index (χ3v) is 6.36. The van der Waals surface area contributed by atoms with Gasteiger partial charge in [-0.1, -0.05) is 11.3 Å². The van der Waals surface area contributed by atoms with Gasteiger partial charge in [-0.2, -0.15) is 5.10 Å². The molecule has 1 aliphatic rings. The highest BCUT2D eigenvalue weighted by Gasteiger charge is 2.24. The number of hydrogen-bond donors (Lipinski definition) is 2. The normalized spacial score (nSPS) is 18.6. The van der Waals surface area contributed by atoms with Crippen molar-refractivity contribution in [2.24, 2.45) is 5.73 Å². The lowest BCUT2D eigenvalue weighted by Gasteiger charge is -2.28. The van der Waals surface area contributed by atoms with Gasteiger partial charge in [0.05, 0.1) is 41.2 Å². The Morgan fingerprint density at radius 1 is 1.09 bits per heavy atom. The molecule has 1 aliphatic carbocycles. The van der Waals surface area contributed by atoms with Crippen LogP contribution in [0.5, 0.6) is 0 Å². The van der Waals surface area contributed by atoms with Gasteiger partial charge >= 0.3 is 0 Å². The van der Waals surface area contributed by atoms with Crippen LogP contribution in [0.15, 0.2) is 49.2 Å². The quantitative estimate of drug-likeness (QED) is 0.465. The van der Waals surface area contributed by atoms with E-state index in [1.807, 2.05) is 43.1 Å². The van der Waals surface area contributed by atoms with E-state index in [0.717, 1.165) is 53.4 Å². The third-order valence-electron chi connectivity index (χ3n) is 6.36. The van der Waals surface area contributed by atoms with E-state index >= 15 is 0 Å². The molecule has 3 aromatic heterocycles. The minimum Gasteiger partial charge on any atom is -0.382 e. The molecule has 0 unspecified atom stereocenters. The van der Waals surface area contributed by atoms with Crippen molar-refractivity contribution < 1.29 is 4.79 Å². The topological polar surface area (TPSA) is 117 Å². The number of rotatable bonds is 6. The van der Waals surface area contributed by atoms with E-state index in [1.165, 1.54) is 0 Å². The maximum Gasteiger partial charge on any atom is 0.252 e. The predicted molar refractivity (Wildman–Crippen MR) is 127 cm³/mol. The summed E-state index contributed by atoms with van der Waals surface area (Å²) in [7, 11) is 0. The Balaban J connectivity index is 1.41. The van der Waals surface area contributed by atoms with Crippen LogP contribution in [0, 0.1) is 0 Å². The van der Waals surface area contributed by atoms with Gasteiger partial charge in [-0.25, -0.2) is 4.68 Å². The van der Waals surface area contributed by atoms with Crippen LogP contribution in [0.1, 0.15) is 62.0 Å². The minimum atomic E-state index is -0.493. The average Bonchev–Trinajstić information content (AvgIpc) is 3.51. The number of carbonyl (C=O) groups is 1. The van der Waals surface area contributed by atoms with Crippen LogP contribution in [0.2, 0.25) is 0 Å². The van der Waals surface area contributed by atoms with E-state index in [1.54, 1.807) is 12.4 Å². The van der Waals surface area contributed by atoms with Crippen molar-refractivity contribution in [3.8, 4) is 11.1 Å².